The first-order valence-corrected chi connectivity index (χ1v) is 8.94. The minimum absolute atomic E-state index is 0.234. The van der Waals surface area contributed by atoms with Crippen molar-refractivity contribution in [1.29, 1.82) is 0 Å². The molecule has 0 aromatic heterocycles. The van der Waals surface area contributed by atoms with Crippen molar-refractivity contribution in [2.45, 2.75) is 44.1 Å². The maximum atomic E-state index is 12.1. The highest BCUT2D eigenvalue weighted by atomic mass is 127. The third-order valence-corrected chi connectivity index (χ3v) is 4.52. The molecule has 0 bridgehead atoms. The number of halogens is 5. The summed E-state index contributed by atoms with van der Waals surface area (Å²) in [4.78, 5) is 21.8. The summed E-state index contributed by atoms with van der Waals surface area (Å²) in [5.41, 5.74) is -0.624. The highest BCUT2D eigenvalue weighted by Gasteiger charge is 2.45. The number of benzene rings is 1. The first kappa shape index (κ1) is 19.5. The lowest BCUT2D eigenvalue weighted by Gasteiger charge is -2.31. The molecule has 0 amide bonds. The molecule has 2 aliphatic rings. The van der Waals surface area contributed by atoms with Crippen LogP contribution in [-0.2, 0) is 25.2 Å². The summed E-state index contributed by atoms with van der Waals surface area (Å²) in [6, 6.07) is 3.78. The molecule has 1 aromatic carbocycles. The summed E-state index contributed by atoms with van der Waals surface area (Å²) < 4.78 is 47.4. The van der Waals surface area contributed by atoms with E-state index in [4.69, 9.17) is 9.47 Å². The van der Waals surface area contributed by atoms with Crippen LogP contribution in [0.15, 0.2) is 22.7 Å². The largest absolute Gasteiger partial charge is 0.422 e. The lowest BCUT2D eigenvalue weighted by atomic mass is 10.2. The van der Waals surface area contributed by atoms with E-state index in [9.17, 15) is 22.8 Å². The Labute approximate surface area is 158 Å². The Morgan fingerprint density at radius 3 is 2.04 bits per heavy atom. The number of carbonyl (C=O) groups is 2. The summed E-state index contributed by atoms with van der Waals surface area (Å²) in [5.74, 6) is -1.78. The van der Waals surface area contributed by atoms with E-state index in [1.807, 2.05) is 22.6 Å². The Morgan fingerprint density at radius 2 is 1.58 bits per heavy atom. The van der Waals surface area contributed by atoms with Gasteiger partial charge in [0.2, 0.25) is 0 Å². The molecular weight excluding hydrogens is 508 g/mol. The van der Waals surface area contributed by atoms with E-state index in [1.54, 1.807) is 6.07 Å². The van der Waals surface area contributed by atoms with Crippen LogP contribution < -0.4 is 0 Å². The molecule has 1 saturated heterocycles. The van der Waals surface area contributed by atoms with Gasteiger partial charge in [-0.1, -0.05) is 15.9 Å². The Balaban J connectivity index is 0.000000174. The molecule has 0 radical (unpaired) electrons. The van der Waals surface area contributed by atoms with Crippen molar-refractivity contribution in [2.24, 2.45) is 0 Å². The van der Waals surface area contributed by atoms with Gasteiger partial charge in [0.25, 0.3) is 5.79 Å². The number of esters is 2. The Morgan fingerprint density at radius 1 is 1.04 bits per heavy atom. The van der Waals surface area contributed by atoms with Crippen LogP contribution in [0.5, 0.6) is 0 Å². The number of hydrogen-bond donors (Lipinski definition) is 0. The first-order chi connectivity index (χ1) is 11.1. The summed E-state index contributed by atoms with van der Waals surface area (Å²) >= 11 is 4.84. The normalized spacial score (nSPS) is 19.4. The van der Waals surface area contributed by atoms with Crippen LogP contribution in [0.4, 0.5) is 13.2 Å². The lowest BCUT2D eigenvalue weighted by molar-refractivity contribution is -0.241. The van der Waals surface area contributed by atoms with Crippen molar-refractivity contribution < 1.29 is 32.2 Å². The maximum absolute atomic E-state index is 12.1. The molecule has 1 spiro atoms. The van der Waals surface area contributed by atoms with Crippen molar-refractivity contribution >= 4 is 50.5 Å². The van der Waals surface area contributed by atoms with Gasteiger partial charge in [-0.2, -0.15) is 13.2 Å². The van der Waals surface area contributed by atoms with Crippen LogP contribution in [0.1, 0.15) is 37.7 Å². The molecule has 132 valence electrons. The van der Waals surface area contributed by atoms with E-state index in [0.717, 1.165) is 25.0 Å². The molecule has 0 atom stereocenters. The van der Waals surface area contributed by atoms with Gasteiger partial charge in [-0.15, -0.1) is 0 Å². The Hall–Kier alpha value is -0.840. The van der Waals surface area contributed by atoms with Gasteiger partial charge >= 0.3 is 18.1 Å². The third kappa shape index (κ3) is 5.33. The molecular formula is C15H13BrF3IO4. The van der Waals surface area contributed by atoms with Gasteiger partial charge in [0.1, 0.15) is 6.42 Å². The van der Waals surface area contributed by atoms with Crippen LogP contribution in [0, 0.1) is 3.57 Å². The van der Waals surface area contributed by atoms with Crippen molar-refractivity contribution in [3.63, 3.8) is 0 Å². The van der Waals surface area contributed by atoms with E-state index in [-0.39, 0.29) is 6.42 Å². The standard InChI is InChI=1S/C8H10O4.C7H3BrF3I/c9-6-5-7(10)12-8(11-6)3-1-2-4-8;8-5-1-4(7(9,10)11)2-6(12)3-5/h1-5H2;1-3H. The average Bonchev–Trinajstić information content (AvgIpc) is 2.83. The van der Waals surface area contributed by atoms with Gasteiger partial charge in [0.15, 0.2) is 0 Å². The highest BCUT2D eigenvalue weighted by Crippen LogP contribution is 2.37. The number of hydrogen-bond acceptors (Lipinski definition) is 4. The fourth-order valence-corrected chi connectivity index (χ4v) is 4.05. The molecule has 2 fully saturated rings. The summed E-state index contributed by atoms with van der Waals surface area (Å²) in [6.45, 7) is 0. The fraction of sp³-hybridized carbons (Fsp3) is 0.467. The van der Waals surface area contributed by atoms with E-state index in [1.165, 1.54) is 0 Å². The van der Waals surface area contributed by atoms with E-state index < -0.39 is 29.5 Å². The molecule has 3 rings (SSSR count). The van der Waals surface area contributed by atoms with Gasteiger partial charge < -0.3 is 9.47 Å². The molecule has 0 unspecified atom stereocenters. The molecule has 24 heavy (non-hydrogen) atoms. The highest BCUT2D eigenvalue weighted by molar-refractivity contribution is 14.1. The molecule has 4 nitrogen and oxygen atoms in total. The SMILES string of the molecule is FC(F)(F)c1cc(Br)cc(I)c1.O=C1CC(=O)OC2(CCCC2)O1. The summed E-state index contributed by atoms with van der Waals surface area (Å²) in [6.07, 6.45) is -1.26. The van der Waals surface area contributed by atoms with Gasteiger partial charge in [0.05, 0.1) is 5.56 Å². The number of carbonyl (C=O) groups excluding carboxylic acids is 2. The molecule has 0 N–H and O–H groups in total. The van der Waals surface area contributed by atoms with E-state index >= 15 is 0 Å². The minimum atomic E-state index is -4.26. The van der Waals surface area contributed by atoms with Crippen molar-refractivity contribution in [1.82, 2.24) is 0 Å². The second-order valence-corrected chi connectivity index (χ2v) is 7.56. The molecule has 1 heterocycles. The minimum Gasteiger partial charge on any atom is -0.422 e. The number of rotatable bonds is 0. The summed E-state index contributed by atoms with van der Waals surface area (Å²) in [7, 11) is 0. The van der Waals surface area contributed by atoms with Crippen molar-refractivity contribution in [3.8, 4) is 0 Å². The Bertz CT molecular complexity index is 604. The average molecular weight is 521 g/mol. The van der Waals surface area contributed by atoms with Gasteiger partial charge in [0, 0.05) is 20.9 Å². The zero-order chi connectivity index (χ0) is 18.0. The molecule has 1 aliphatic carbocycles. The van der Waals surface area contributed by atoms with Gasteiger partial charge in [-0.05, 0) is 53.6 Å². The smallest absolute Gasteiger partial charge is 0.416 e. The molecule has 1 aliphatic heterocycles. The van der Waals surface area contributed by atoms with Crippen LogP contribution in [0.3, 0.4) is 0 Å². The lowest BCUT2D eigenvalue weighted by Crippen LogP contribution is -2.42. The second kappa shape index (κ2) is 7.59. The topological polar surface area (TPSA) is 52.6 Å². The van der Waals surface area contributed by atoms with Crippen LogP contribution >= 0.6 is 38.5 Å². The molecule has 1 saturated carbocycles. The predicted molar refractivity (Wildman–Crippen MR) is 89.9 cm³/mol. The van der Waals surface area contributed by atoms with Crippen LogP contribution in [-0.4, -0.2) is 17.7 Å². The number of alkyl halides is 3. The Kier molecular flexibility index (Phi) is 6.16. The fourth-order valence-electron chi connectivity index (χ4n) is 2.46. The second-order valence-electron chi connectivity index (χ2n) is 5.40. The zero-order valence-corrected chi connectivity index (χ0v) is 16.0. The van der Waals surface area contributed by atoms with Gasteiger partial charge in [-0.25, -0.2) is 0 Å². The predicted octanol–water partition coefficient (Wildman–Crippen LogP) is 4.82. The summed E-state index contributed by atoms with van der Waals surface area (Å²) in [5, 5.41) is 0. The van der Waals surface area contributed by atoms with Gasteiger partial charge in [-0.3, -0.25) is 9.59 Å². The van der Waals surface area contributed by atoms with Crippen LogP contribution in [0.25, 0.3) is 0 Å². The molecule has 9 heteroatoms. The first-order valence-electron chi connectivity index (χ1n) is 7.07. The van der Waals surface area contributed by atoms with E-state index in [2.05, 4.69) is 15.9 Å². The quantitative estimate of drug-likeness (QED) is 0.279. The van der Waals surface area contributed by atoms with Crippen LogP contribution in [0.2, 0.25) is 0 Å². The zero-order valence-electron chi connectivity index (χ0n) is 12.3. The third-order valence-electron chi connectivity index (χ3n) is 3.44. The maximum Gasteiger partial charge on any atom is 0.416 e. The van der Waals surface area contributed by atoms with E-state index in [0.29, 0.717) is 20.9 Å². The molecule has 1 aromatic rings. The van der Waals surface area contributed by atoms with Crippen molar-refractivity contribution in [2.75, 3.05) is 0 Å². The monoisotopic (exact) mass is 520 g/mol. The van der Waals surface area contributed by atoms with Crippen molar-refractivity contribution in [3.05, 3.63) is 31.8 Å². The number of ether oxygens (including phenoxy) is 2.